The van der Waals surface area contributed by atoms with Crippen LogP contribution in [0.5, 0.6) is 5.75 Å². The van der Waals surface area contributed by atoms with Crippen molar-refractivity contribution in [2.75, 3.05) is 5.75 Å². The molecule has 0 aromatic heterocycles. The Balaban J connectivity index is 2.75. The van der Waals surface area contributed by atoms with Crippen molar-refractivity contribution in [3.63, 3.8) is 0 Å². The Kier molecular flexibility index (Phi) is 5.50. The maximum absolute atomic E-state index is 10.8. The summed E-state index contributed by atoms with van der Waals surface area (Å²) in [6, 6.07) is 5.44. The molecule has 0 fully saturated rings. The Morgan fingerprint density at radius 2 is 2.05 bits per heavy atom. The highest BCUT2D eigenvalue weighted by molar-refractivity contribution is 8.13. The van der Waals surface area contributed by atoms with Crippen molar-refractivity contribution in [2.45, 2.75) is 39.5 Å². The van der Waals surface area contributed by atoms with Gasteiger partial charge in [-0.1, -0.05) is 44.4 Å². The molecule has 102 valence electrons. The number of rotatable bonds is 2. The minimum absolute atomic E-state index is 0.105. The number of hydrogen-bond acceptors (Lipinski definition) is 3. The van der Waals surface area contributed by atoms with Crippen molar-refractivity contribution in [1.29, 1.82) is 0 Å². The summed E-state index contributed by atoms with van der Waals surface area (Å²) in [5, 5.41) is 9.98. The first-order valence-electron chi connectivity index (χ1n) is 6.26. The van der Waals surface area contributed by atoms with Crippen molar-refractivity contribution in [1.82, 2.24) is 0 Å². The summed E-state index contributed by atoms with van der Waals surface area (Å²) in [5.41, 5.74) is 1.69. The van der Waals surface area contributed by atoms with E-state index in [0.717, 1.165) is 16.9 Å². The highest BCUT2D eigenvalue weighted by Gasteiger charge is 2.17. The van der Waals surface area contributed by atoms with Crippen LogP contribution in [0.2, 0.25) is 0 Å². The Hall–Kier alpha value is -1.40. The number of thioether (sulfide) groups is 1. The highest BCUT2D eigenvalue weighted by atomic mass is 32.2. The van der Waals surface area contributed by atoms with E-state index < -0.39 is 0 Å². The second-order valence-electron chi connectivity index (χ2n) is 5.37. The van der Waals surface area contributed by atoms with Crippen LogP contribution in [0.25, 0.3) is 0 Å². The van der Waals surface area contributed by atoms with E-state index in [1.807, 2.05) is 12.1 Å². The number of carbonyl (C=O) groups is 1. The van der Waals surface area contributed by atoms with E-state index in [-0.39, 0.29) is 10.5 Å². The molecule has 0 saturated heterocycles. The molecule has 19 heavy (non-hydrogen) atoms. The maximum Gasteiger partial charge on any atom is 0.185 e. The average Bonchev–Trinajstić information content (AvgIpc) is 2.28. The molecular formula is C16H20O2S. The predicted molar refractivity (Wildman–Crippen MR) is 81.4 cm³/mol. The zero-order chi connectivity index (χ0) is 14.5. The summed E-state index contributed by atoms with van der Waals surface area (Å²) in [6.07, 6.45) is 0.690. The van der Waals surface area contributed by atoms with Crippen LogP contribution in [-0.2, 0) is 10.2 Å². The van der Waals surface area contributed by atoms with Crippen molar-refractivity contribution in [3.8, 4) is 17.6 Å². The second-order valence-corrected chi connectivity index (χ2v) is 6.65. The van der Waals surface area contributed by atoms with Crippen molar-refractivity contribution >= 4 is 16.9 Å². The van der Waals surface area contributed by atoms with Crippen LogP contribution < -0.4 is 0 Å². The molecule has 0 saturated carbocycles. The van der Waals surface area contributed by atoms with E-state index in [0.29, 0.717) is 12.2 Å². The van der Waals surface area contributed by atoms with Crippen LogP contribution in [0.3, 0.4) is 0 Å². The van der Waals surface area contributed by atoms with E-state index in [1.165, 1.54) is 11.8 Å². The van der Waals surface area contributed by atoms with Gasteiger partial charge in [0.25, 0.3) is 0 Å². The van der Waals surface area contributed by atoms with E-state index in [2.05, 4.69) is 32.6 Å². The third-order valence-corrected chi connectivity index (χ3v) is 3.38. The molecule has 0 bridgehead atoms. The molecule has 0 spiro atoms. The Morgan fingerprint density at radius 1 is 1.37 bits per heavy atom. The quantitative estimate of drug-likeness (QED) is 0.661. The predicted octanol–water partition coefficient (Wildman–Crippen LogP) is 3.71. The molecule has 1 aromatic rings. The molecule has 0 aliphatic heterocycles. The van der Waals surface area contributed by atoms with Crippen molar-refractivity contribution in [3.05, 3.63) is 29.3 Å². The van der Waals surface area contributed by atoms with E-state index in [4.69, 9.17) is 0 Å². The van der Waals surface area contributed by atoms with Gasteiger partial charge in [-0.2, -0.15) is 0 Å². The zero-order valence-corrected chi connectivity index (χ0v) is 12.7. The molecule has 0 amide bonds. The molecule has 1 N–H and O–H groups in total. The molecule has 1 aromatic carbocycles. The Labute approximate surface area is 119 Å². The normalized spacial score (nSPS) is 10.7. The lowest BCUT2D eigenvalue weighted by Gasteiger charge is -2.20. The summed E-state index contributed by atoms with van der Waals surface area (Å²) in [7, 11) is 0. The van der Waals surface area contributed by atoms with Crippen LogP contribution in [0, 0.1) is 11.8 Å². The van der Waals surface area contributed by atoms with Gasteiger partial charge in [0, 0.05) is 30.2 Å². The first kappa shape index (κ1) is 15.7. The van der Waals surface area contributed by atoms with Gasteiger partial charge in [0.05, 0.1) is 0 Å². The number of aromatic hydroxyl groups is 1. The monoisotopic (exact) mass is 276 g/mol. The molecule has 0 atom stereocenters. The van der Waals surface area contributed by atoms with Crippen molar-refractivity contribution < 1.29 is 9.90 Å². The lowest BCUT2D eigenvalue weighted by Crippen LogP contribution is -2.11. The first-order valence-corrected chi connectivity index (χ1v) is 7.25. The third kappa shape index (κ3) is 5.40. The molecular weight excluding hydrogens is 256 g/mol. The number of phenolic OH excluding ortho intramolecular Hbond substituents is 1. The van der Waals surface area contributed by atoms with Gasteiger partial charge in [-0.3, -0.25) is 4.79 Å². The topological polar surface area (TPSA) is 37.3 Å². The van der Waals surface area contributed by atoms with Gasteiger partial charge in [0.1, 0.15) is 5.75 Å². The SMILES string of the molecule is CC(=O)SCCC#Cc1ccc(O)c(C(C)(C)C)c1. The zero-order valence-electron chi connectivity index (χ0n) is 11.9. The van der Waals surface area contributed by atoms with Gasteiger partial charge in [-0.05, 0) is 23.6 Å². The summed E-state index contributed by atoms with van der Waals surface area (Å²) < 4.78 is 0. The molecule has 0 heterocycles. The van der Waals surface area contributed by atoms with Gasteiger partial charge in [-0.25, -0.2) is 0 Å². The summed E-state index contributed by atoms with van der Waals surface area (Å²) in [6.45, 7) is 7.74. The fourth-order valence-corrected chi connectivity index (χ4v) is 2.12. The number of phenols is 1. The number of benzene rings is 1. The van der Waals surface area contributed by atoms with E-state index >= 15 is 0 Å². The largest absolute Gasteiger partial charge is 0.508 e. The van der Waals surface area contributed by atoms with Crippen LogP contribution in [0.1, 0.15) is 45.2 Å². The third-order valence-electron chi connectivity index (χ3n) is 2.57. The fourth-order valence-electron chi connectivity index (χ4n) is 1.62. The fraction of sp³-hybridized carbons (Fsp3) is 0.438. The molecule has 0 aliphatic carbocycles. The van der Waals surface area contributed by atoms with E-state index in [1.54, 1.807) is 13.0 Å². The van der Waals surface area contributed by atoms with Gasteiger partial charge in [0.2, 0.25) is 0 Å². The molecule has 0 aliphatic rings. The molecule has 0 unspecified atom stereocenters. The van der Waals surface area contributed by atoms with Crippen molar-refractivity contribution in [2.24, 2.45) is 0 Å². The molecule has 0 radical (unpaired) electrons. The number of hydrogen-bond donors (Lipinski definition) is 1. The minimum Gasteiger partial charge on any atom is -0.508 e. The molecule has 3 heteroatoms. The second kappa shape index (κ2) is 6.68. The van der Waals surface area contributed by atoms with Gasteiger partial charge in [-0.15, -0.1) is 0 Å². The lowest BCUT2D eigenvalue weighted by atomic mass is 9.85. The standard InChI is InChI=1S/C16H20O2S/c1-12(17)19-10-6-5-7-13-8-9-15(18)14(11-13)16(2,3)4/h8-9,11,18H,6,10H2,1-4H3. The van der Waals surface area contributed by atoms with E-state index in [9.17, 15) is 9.90 Å². The van der Waals surface area contributed by atoms with Crippen LogP contribution in [-0.4, -0.2) is 16.0 Å². The Bertz CT molecular complexity index is 516. The summed E-state index contributed by atoms with van der Waals surface area (Å²) in [5.74, 6) is 7.16. The minimum atomic E-state index is -0.105. The van der Waals surface area contributed by atoms with Gasteiger partial charge in [0.15, 0.2) is 5.12 Å². The summed E-state index contributed by atoms with van der Waals surface area (Å²) >= 11 is 1.29. The number of carbonyl (C=O) groups excluding carboxylic acids is 1. The maximum atomic E-state index is 10.8. The van der Waals surface area contributed by atoms with Crippen LogP contribution in [0.15, 0.2) is 18.2 Å². The lowest BCUT2D eigenvalue weighted by molar-refractivity contribution is -0.109. The van der Waals surface area contributed by atoms with Crippen LogP contribution in [0.4, 0.5) is 0 Å². The highest BCUT2D eigenvalue weighted by Crippen LogP contribution is 2.30. The van der Waals surface area contributed by atoms with Crippen LogP contribution >= 0.6 is 11.8 Å². The first-order chi connectivity index (χ1) is 8.80. The average molecular weight is 276 g/mol. The molecule has 2 nitrogen and oxygen atoms in total. The van der Waals surface area contributed by atoms with Gasteiger partial charge < -0.3 is 5.11 Å². The van der Waals surface area contributed by atoms with Gasteiger partial charge >= 0.3 is 0 Å². The molecule has 1 rings (SSSR count). The summed E-state index contributed by atoms with van der Waals surface area (Å²) in [4.78, 5) is 10.8. The Morgan fingerprint density at radius 3 is 2.63 bits per heavy atom. The smallest absolute Gasteiger partial charge is 0.185 e.